The number of ether oxygens (including phenoxy) is 1. The molecule has 138 valence electrons. The normalized spacial score (nSPS) is 14.9. The Bertz CT molecular complexity index is 779. The number of aryl methyl sites for hydroxylation is 2. The predicted molar refractivity (Wildman–Crippen MR) is 95.8 cm³/mol. The summed E-state index contributed by atoms with van der Waals surface area (Å²) in [6, 6.07) is 9.29. The number of carbonyl (C=O) groups is 2. The highest BCUT2D eigenvalue weighted by molar-refractivity contribution is 5.91. The van der Waals surface area contributed by atoms with Crippen LogP contribution < -0.4 is 10.1 Å². The van der Waals surface area contributed by atoms with Gasteiger partial charge in [-0.1, -0.05) is 17.3 Å². The highest BCUT2D eigenvalue weighted by Crippen LogP contribution is 2.20. The molecule has 1 aromatic heterocycles. The smallest absolute Gasteiger partial charge is 0.260 e. The second-order valence-corrected chi connectivity index (χ2v) is 6.57. The van der Waals surface area contributed by atoms with Crippen LogP contribution in [-0.2, 0) is 9.59 Å². The van der Waals surface area contributed by atoms with Gasteiger partial charge in [0.1, 0.15) is 11.5 Å². The molecule has 1 fully saturated rings. The van der Waals surface area contributed by atoms with Crippen LogP contribution in [0.15, 0.2) is 34.9 Å². The average Bonchev–Trinajstić information content (AvgIpc) is 3.04. The molecule has 7 nitrogen and oxygen atoms in total. The lowest BCUT2D eigenvalue weighted by Crippen LogP contribution is -2.43. The minimum absolute atomic E-state index is 0.0124. The van der Waals surface area contributed by atoms with Crippen LogP contribution in [0.4, 0.5) is 5.82 Å². The van der Waals surface area contributed by atoms with E-state index in [-0.39, 0.29) is 24.3 Å². The van der Waals surface area contributed by atoms with E-state index < -0.39 is 0 Å². The van der Waals surface area contributed by atoms with E-state index in [1.807, 2.05) is 31.2 Å². The fourth-order valence-electron chi connectivity index (χ4n) is 2.99. The Hall–Kier alpha value is -2.83. The first-order valence-corrected chi connectivity index (χ1v) is 8.72. The number of anilines is 1. The summed E-state index contributed by atoms with van der Waals surface area (Å²) >= 11 is 0. The van der Waals surface area contributed by atoms with Crippen LogP contribution in [0.3, 0.4) is 0 Å². The molecule has 26 heavy (non-hydrogen) atoms. The summed E-state index contributed by atoms with van der Waals surface area (Å²) in [5.74, 6) is 1.50. The zero-order valence-electron chi connectivity index (χ0n) is 15.0. The van der Waals surface area contributed by atoms with Crippen molar-refractivity contribution in [3.05, 3.63) is 41.7 Å². The lowest BCUT2D eigenvalue weighted by Gasteiger charge is -2.31. The van der Waals surface area contributed by atoms with Crippen molar-refractivity contribution < 1.29 is 18.8 Å². The zero-order valence-corrected chi connectivity index (χ0v) is 15.0. The number of nitrogens with one attached hydrogen (secondary N) is 1. The van der Waals surface area contributed by atoms with E-state index in [1.165, 1.54) is 0 Å². The number of hydrogen-bond donors (Lipinski definition) is 1. The van der Waals surface area contributed by atoms with Gasteiger partial charge in [0.05, 0.1) is 0 Å². The molecule has 0 spiro atoms. The molecule has 0 radical (unpaired) electrons. The Balaban J connectivity index is 1.44. The molecule has 1 N–H and O–H groups in total. The van der Waals surface area contributed by atoms with E-state index in [4.69, 9.17) is 9.26 Å². The molecule has 1 saturated heterocycles. The standard InChI is InChI=1S/C19H23N3O4/c1-13-4-3-5-16(10-13)25-12-18(23)22-8-6-15(7-9-22)19(24)20-17-11-14(2)26-21-17/h3-5,10-11,15H,6-9,12H2,1-2H3,(H,20,21,24). The maximum Gasteiger partial charge on any atom is 0.260 e. The Labute approximate surface area is 152 Å². The Morgan fingerprint density at radius 1 is 1.27 bits per heavy atom. The molecule has 1 aromatic carbocycles. The maximum absolute atomic E-state index is 12.3. The molecule has 3 rings (SSSR count). The number of nitrogens with zero attached hydrogens (tertiary/aromatic N) is 2. The summed E-state index contributed by atoms with van der Waals surface area (Å²) in [6.45, 7) is 4.85. The van der Waals surface area contributed by atoms with Gasteiger partial charge in [0, 0.05) is 25.1 Å². The van der Waals surface area contributed by atoms with Gasteiger partial charge in [-0.2, -0.15) is 0 Å². The highest BCUT2D eigenvalue weighted by atomic mass is 16.5. The van der Waals surface area contributed by atoms with Gasteiger partial charge in [-0.3, -0.25) is 9.59 Å². The lowest BCUT2D eigenvalue weighted by atomic mass is 9.96. The maximum atomic E-state index is 12.3. The zero-order chi connectivity index (χ0) is 18.5. The van der Waals surface area contributed by atoms with Crippen LogP contribution in [-0.4, -0.2) is 41.6 Å². The van der Waals surface area contributed by atoms with Crippen LogP contribution in [0.5, 0.6) is 5.75 Å². The molecular weight excluding hydrogens is 334 g/mol. The average molecular weight is 357 g/mol. The van der Waals surface area contributed by atoms with Gasteiger partial charge in [-0.05, 0) is 44.4 Å². The van der Waals surface area contributed by atoms with Crippen LogP contribution in [0.1, 0.15) is 24.2 Å². The molecular formula is C19H23N3O4. The Morgan fingerprint density at radius 3 is 2.69 bits per heavy atom. The molecule has 0 aliphatic carbocycles. The highest BCUT2D eigenvalue weighted by Gasteiger charge is 2.28. The van der Waals surface area contributed by atoms with Crippen molar-refractivity contribution in [2.45, 2.75) is 26.7 Å². The van der Waals surface area contributed by atoms with E-state index in [9.17, 15) is 9.59 Å². The first-order valence-electron chi connectivity index (χ1n) is 8.72. The number of benzene rings is 1. The molecule has 2 amide bonds. The van der Waals surface area contributed by atoms with E-state index in [0.29, 0.717) is 43.3 Å². The number of hydrogen-bond acceptors (Lipinski definition) is 5. The van der Waals surface area contributed by atoms with Crippen molar-refractivity contribution in [2.24, 2.45) is 5.92 Å². The van der Waals surface area contributed by atoms with E-state index in [1.54, 1.807) is 17.9 Å². The first kappa shape index (κ1) is 18.0. The van der Waals surface area contributed by atoms with Crippen molar-refractivity contribution in [3.63, 3.8) is 0 Å². The molecule has 1 aliphatic rings. The molecule has 2 aromatic rings. The minimum Gasteiger partial charge on any atom is -0.484 e. The van der Waals surface area contributed by atoms with Crippen molar-refractivity contribution >= 4 is 17.6 Å². The van der Waals surface area contributed by atoms with Crippen LogP contribution in [0.2, 0.25) is 0 Å². The molecule has 0 unspecified atom stereocenters. The number of rotatable bonds is 5. The Kier molecular flexibility index (Phi) is 5.55. The number of piperidine rings is 1. The molecule has 0 atom stereocenters. The lowest BCUT2D eigenvalue weighted by molar-refractivity contribution is -0.136. The van der Waals surface area contributed by atoms with Crippen LogP contribution in [0, 0.1) is 19.8 Å². The monoisotopic (exact) mass is 357 g/mol. The topological polar surface area (TPSA) is 84.7 Å². The van der Waals surface area contributed by atoms with Crippen molar-refractivity contribution in [1.82, 2.24) is 10.1 Å². The summed E-state index contributed by atoms with van der Waals surface area (Å²) in [7, 11) is 0. The van der Waals surface area contributed by atoms with Crippen LogP contribution in [0.25, 0.3) is 0 Å². The minimum atomic E-state index is -0.131. The molecule has 0 bridgehead atoms. The number of likely N-dealkylation sites (tertiary alicyclic amines) is 1. The van der Waals surface area contributed by atoms with Gasteiger partial charge in [-0.15, -0.1) is 0 Å². The number of amides is 2. The number of carbonyl (C=O) groups excluding carboxylic acids is 2. The summed E-state index contributed by atoms with van der Waals surface area (Å²) in [5, 5.41) is 6.52. The van der Waals surface area contributed by atoms with Gasteiger partial charge < -0.3 is 19.5 Å². The van der Waals surface area contributed by atoms with Gasteiger partial charge in [0.15, 0.2) is 12.4 Å². The van der Waals surface area contributed by atoms with E-state index in [2.05, 4.69) is 10.5 Å². The first-order chi connectivity index (χ1) is 12.5. The van der Waals surface area contributed by atoms with Gasteiger partial charge >= 0.3 is 0 Å². The third-order valence-corrected chi connectivity index (χ3v) is 4.45. The van der Waals surface area contributed by atoms with Crippen molar-refractivity contribution in [3.8, 4) is 5.75 Å². The largest absolute Gasteiger partial charge is 0.484 e. The molecule has 0 saturated carbocycles. The fourth-order valence-corrected chi connectivity index (χ4v) is 2.99. The van der Waals surface area contributed by atoms with Gasteiger partial charge in [-0.25, -0.2) is 0 Å². The second kappa shape index (κ2) is 8.03. The summed E-state index contributed by atoms with van der Waals surface area (Å²) < 4.78 is 10.5. The third-order valence-electron chi connectivity index (χ3n) is 4.45. The van der Waals surface area contributed by atoms with Gasteiger partial charge in [0.2, 0.25) is 5.91 Å². The van der Waals surface area contributed by atoms with Crippen molar-refractivity contribution in [1.29, 1.82) is 0 Å². The Morgan fingerprint density at radius 2 is 2.04 bits per heavy atom. The molecule has 1 aliphatic heterocycles. The molecule has 7 heteroatoms. The molecule has 2 heterocycles. The van der Waals surface area contributed by atoms with E-state index in [0.717, 1.165) is 5.56 Å². The van der Waals surface area contributed by atoms with Gasteiger partial charge in [0.25, 0.3) is 5.91 Å². The summed E-state index contributed by atoms with van der Waals surface area (Å²) in [6.07, 6.45) is 1.25. The quantitative estimate of drug-likeness (QED) is 0.889. The predicted octanol–water partition coefficient (Wildman–Crippen LogP) is 2.55. The second-order valence-electron chi connectivity index (χ2n) is 6.57. The summed E-state index contributed by atoms with van der Waals surface area (Å²) in [5.41, 5.74) is 1.09. The SMILES string of the molecule is Cc1cccc(OCC(=O)N2CCC(C(=O)Nc3cc(C)on3)CC2)c1. The third kappa shape index (κ3) is 4.62. The van der Waals surface area contributed by atoms with E-state index >= 15 is 0 Å². The van der Waals surface area contributed by atoms with Crippen LogP contribution >= 0.6 is 0 Å². The fraction of sp³-hybridized carbons (Fsp3) is 0.421. The number of aromatic nitrogens is 1. The van der Waals surface area contributed by atoms with Crippen molar-refractivity contribution in [2.75, 3.05) is 25.0 Å². The summed E-state index contributed by atoms with van der Waals surface area (Å²) in [4.78, 5) is 26.3.